The summed E-state index contributed by atoms with van der Waals surface area (Å²) in [7, 11) is 18.1. The number of nitrogens with one attached hydrogen (secondary N) is 3. The SMILES string of the molecule is [B]C([B])([B])NC(=O)c1nnc(NC(=O)C2CC2)cc1Nc1cccc(-c2noc(C(C)C(=O)N3CCOCC3)n2)c1OC. The van der Waals surface area contributed by atoms with Crippen molar-refractivity contribution < 1.29 is 28.4 Å². The molecule has 0 spiro atoms. The molecule has 3 aromatic rings. The number of rotatable bonds is 10. The lowest BCUT2D eigenvalue weighted by Gasteiger charge is -2.28. The van der Waals surface area contributed by atoms with Crippen molar-refractivity contribution in [2.45, 2.75) is 30.9 Å². The third kappa shape index (κ3) is 7.16. The third-order valence-electron chi connectivity index (χ3n) is 6.77. The summed E-state index contributed by atoms with van der Waals surface area (Å²) in [6.45, 7) is 3.63. The lowest BCUT2D eigenvalue weighted by atomic mass is 9.49. The second-order valence-electron chi connectivity index (χ2n) is 10.3. The van der Waals surface area contributed by atoms with E-state index in [1.807, 2.05) is 0 Å². The zero-order chi connectivity index (χ0) is 30.7. The van der Waals surface area contributed by atoms with E-state index in [4.69, 9.17) is 37.5 Å². The van der Waals surface area contributed by atoms with Crippen molar-refractivity contribution in [2.75, 3.05) is 44.0 Å². The van der Waals surface area contributed by atoms with Crippen LogP contribution in [0.2, 0.25) is 0 Å². The number of morpholine rings is 1. The van der Waals surface area contributed by atoms with Gasteiger partial charge in [-0.2, -0.15) is 4.98 Å². The quantitative estimate of drug-likeness (QED) is 0.284. The number of anilines is 3. The molecule has 2 aliphatic rings. The van der Waals surface area contributed by atoms with Crippen molar-refractivity contribution in [3.05, 3.63) is 35.9 Å². The fourth-order valence-electron chi connectivity index (χ4n) is 4.41. The predicted octanol–water partition coefficient (Wildman–Crippen LogP) is 0.436. The number of carbonyl (C=O) groups is 3. The first-order valence-electron chi connectivity index (χ1n) is 13.6. The van der Waals surface area contributed by atoms with Crippen molar-refractivity contribution >= 4 is 58.5 Å². The smallest absolute Gasteiger partial charge is 0.272 e. The lowest BCUT2D eigenvalue weighted by molar-refractivity contribution is -0.137. The first-order chi connectivity index (χ1) is 20.5. The summed E-state index contributed by atoms with van der Waals surface area (Å²) in [5, 5.41) is 18.0. The maximum Gasteiger partial charge on any atom is 0.272 e. The number of aromatic nitrogens is 4. The number of methoxy groups -OCH3 is 1. The molecular formula is C26H27B3N8O6. The monoisotopic (exact) mass is 580 g/mol. The number of nitrogens with zero attached hydrogens (tertiary/aromatic N) is 5. The Labute approximate surface area is 251 Å². The molecule has 1 unspecified atom stereocenters. The summed E-state index contributed by atoms with van der Waals surface area (Å²) in [6, 6.07) is 6.52. The highest BCUT2D eigenvalue weighted by Crippen LogP contribution is 2.38. The van der Waals surface area contributed by atoms with E-state index in [9.17, 15) is 14.4 Å². The van der Waals surface area contributed by atoms with E-state index in [0.29, 0.717) is 43.3 Å². The van der Waals surface area contributed by atoms with Gasteiger partial charge in [0.2, 0.25) is 23.5 Å². The van der Waals surface area contributed by atoms with Crippen LogP contribution in [-0.2, 0) is 14.3 Å². The Kier molecular flexibility index (Phi) is 8.71. The van der Waals surface area contributed by atoms with Crippen LogP contribution in [0.4, 0.5) is 17.2 Å². The number of benzene rings is 1. The second-order valence-corrected chi connectivity index (χ2v) is 10.3. The molecule has 2 aromatic heterocycles. The van der Waals surface area contributed by atoms with Crippen LogP contribution < -0.4 is 20.7 Å². The highest BCUT2D eigenvalue weighted by atomic mass is 16.5. The second kappa shape index (κ2) is 12.5. The zero-order valence-electron chi connectivity index (χ0n) is 23.6. The molecule has 1 aliphatic carbocycles. The topological polar surface area (TPSA) is 174 Å². The van der Waals surface area contributed by atoms with Crippen LogP contribution in [0.5, 0.6) is 5.75 Å². The number of hydrogen-bond donors (Lipinski definition) is 3. The van der Waals surface area contributed by atoms with Gasteiger partial charge in [-0.05, 0) is 31.9 Å². The molecule has 2 fully saturated rings. The van der Waals surface area contributed by atoms with Crippen molar-refractivity contribution in [1.82, 2.24) is 30.6 Å². The molecule has 14 nitrogen and oxygen atoms in total. The molecule has 3 amide bonds. The molecule has 17 heteroatoms. The van der Waals surface area contributed by atoms with Gasteiger partial charge in [-0.15, -0.1) is 10.2 Å². The molecule has 43 heavy (non-hydrogen) atoms. The third-order valence-corrected chi connectivity index (χ3v) is 6.77. The van der Waals surface area contributed by atoms with Gasteiger partial charge in [0.15, 0.2) is 17.3 Å². The minimum absolute atomic E-state index is 0.0861. The van der Waals surface area contributed by atoms with Crippen molar-refractivity contribution in [1.29, 1.82) is 0 Å². The number of para-hydroxylation sites is 1. The molecule has 1 aromatic carbocycles. The van der Waals surface area contributed by atoms with Crippen LogP contribution in [0, 0.1) is 5.92 Å². The van der Waals surface area contributed by atoms with E-state index in [1.54, 1.807) is 30.0 Å². The number of ether oxygens (including phenoxy) is 2. The molecule has 216 valence electrons. The molecule has 1 saturated carbocycles. The highest BCUT2D eigenvalue weighted by molar-refractivity contribution is 6.60. The number of carbonyl (C=O) groups excluding carboxylic acids is 3. The molecule has 5 rings (SSSR count). The van der Waals surface area contributed by atoms with Gasteiger partial charge in [-0.3, -0.25) is 14.4 Å². The van der Waals surface area contributed by atoms with Gasteiger partial charge in [-0.25, -0.2) is 0 Å². The number of amides is 3. The van der Waals surface area contributed by atoms with Crippen LogP contribution in [-0.4, -0.2) is 105 Å². The molecule has 6 radical (unpaired) electrons. The van der Waals surface area contributed by atoms with Crippen LogP contribution in [0.25, 0.3) is 11.4 Å². The average molecular weight is 580 g/mol. The molecular weight excluding hydrogens is 553 g/mol. The van der Waals surface area contributed by atoms with E-state index in [-0.39, 0.29) is 46.6 Å². The summed E-state index contributed by atoms with van der Waals surface area (Å²) in [5.41, 5.74) is 0.746. The van der Waals surface area contributed by atoms with E-state index in [2.05, 4.69) is 36.3 Å². The summed E-state index contributed by atoms with van der Waals surface area (Å²) >= 11 is 0. The Morgan fingerprint density at radius 3 is 2.53 bits per heavy atom. The Bertz CT molecular complexity index is 1520. The summed E-state index contributed by atoms with van der Waals surface area (Å²) in [6.07, 6.45) is 1.58. The zero-order valence-corrected chi connectivity index (χ0v) is 23.6. The van der Waals surface area contributed by atoms with E-state index < -0.39 is 17.1 Å². The van der Waals surface area contributed by atoms with Gasteiger partial charge in [0, 0.05) is 25.1 Å². The van der Waals surface area contributed by atoms with Crippen molar-refractivity contribution in [2.24, 2.45) is 5.92 Å². The van der Waals surface area contributed by atoms with Gasteiger partial charge >= 0.3 is 0 Å². The average Bonchev–Trinajstić information content (AvgIpc) is 3.72. The summed E-state index contributed by atoms with van der Waals surface area (Å²) in [4.78, 5) is 44.4. The Balaban J connectivity index is 1.44. The standard InChI is InChI=1S/C26H27B3N8O6/c1-13(25(40)37-8-10-42-11-9-37)24-32-21(36-43-24)15-4-3-5-16(20(15)41-2)30-17-12-18(31-22(38)14-6-7-14)34-35-19(17)23(39)33-26(27,28)29/h3-5,12-14H,6-11H2,1-2H3,(H,33,39)(H2,30,31,34,38). The predicted molar refractivity (Wildman–Crippen MR) is 156 cm³/mol. The van der Waals surface area contributed by atoms with Crippen LogP contribution in [0.1, 0.15) is 42.1 Å². The van der Waals surface area contributed by atoms with Crippen molar-refractivity contribution in [3.63, 3.8) is 0 Å². The van der Waals surface area contributed by atoms with Gasteiger partial charge in [0.05, 0.1) is 60.8 Å². The van der Waals surface area contributed by atoms with Crippen LogP contribution in [0.3, 0.4) is 0 Å². The lowest BCUT2D eigenvalue weighted by Crippen LogP contribution is -2.50. The Morgan fingerprint density at radius 1 is 1.12 bits per heavy atom. The Hall–Kier alpha value is -4.40. The number of hydrogen-bond acceptors (Lipinski definition) is 11. The largest absolute Gasteiger partial charge is 0.494 e. The highest BCUT2D eigenvalue weighted by Gasteiger charge is 2.31. The molecule has 3 N–H and O–H groups in total. The summed E-state index contributed by atoms with van der Waals surface area (Å²) < 4.78 is 16.5. The Morgan fingerprint density at radius 2 is 1.86 bits per heavy atom. The first-order valence-corrected chi connectivity index (χ1v) is 13.6. The summed E-state index contributed by atoms with van der Waals surface area (Å²) in [5.74, 6) is -1.18. The van der Waals surface area contributed by atoms with Crippen LogP contribution >= 0.6 is 0 Å². The van der Waals surface area contributed by atoms with Crippen LogP contribution in [0.15, 0.2) is 28.8 Å². The minimum atomic E-state index is -2.02. The molecule has 1 atom stereocenters. The molecule has 1 saturated heterocycles. The molecule has 3 heterocycles. The van der Waals surface area contributed by atoms with Gasteiger partial charge in [0.25, 0.3) is 5.91 Å². The maximum absolute atomic E-state index is 12.9. The van der Waals surface area contributed by atoms with E-state index in [0.717, 1.165) is 12.8 Å². The van der Waals surface area contributed by atoms with Gasteiger partial charge in [-0.1, -0.05) is 16.5 Å². The van der Waals surface area contributed by atoms with Gasteiger partial charge < -0.3 is 34.8 Å². The van der Waals surface area contributed by atoms with Crippen molar-refractivity contribution in [3.8, 4) is 17.1 Å². The van der Waals surface area contributed by atoms with Gasteiger partial charge in [0.1, 0.15) is 5.92 Å². The fraction of sp³-hybridized carbons (Fsp3) is 0.423. The minimum Gasteiger partial charge on any atom is -0.494 e. The van der Waals surface area contributed by atoms with E-state index in [1.165, 1.54) is 13.2 Å². The maximum atomic E-state index is 12.9. The first kappa shape index (κ1) is 30.1. The van der Waals surface area contributed by atoms with E-state index >= 15 is 0 Å². The fourth-order valence-corrected chi connectivity index (χ4v) is 4.41. The normalized spacial score (nSPS) is 15.8. The molecule has 0 bridgehead atoms. The molecule has 1 aliphatic heterocycles.